The molecule has 0 fully saturated rings. The fourth-order valence-corrected chi connectivity index (χ4v) is 3.71. The zero-order valence-electron chi connectivity index (χ0n) is 14.9. The highest BCUT2D eigenvalue weighted by atomic mass is 32.1. The second kappa shape index (κ2) is 7.15. The van der Waals surface area contributed by atoms with Gasteiger partial charge in [0.1, 0.15) is 11.3 Å². The van der Waals surface area contributed by atoms with Crippen LogP contribution in [0.4, 0.5) is 14.5 Å². The second-order valence-corrected chi connectivity index (χ2v) is 6.98. The molecule has 4 heterocycles. The Morgan fingerprint density at radius 1 is 1.27 bits per heavy atom. The molecule has 12 heteroatoms. The number of benzene rings is 1. The molecular formula is C18H11F2N7O2S. The van der Waals surface area contributed by atoms with Crippen LogP contribution in [0.15, 0.2) is 49.2 Å². The Hall–Kier alpha value is -3.93. The van der Waals surface area contributed by atoms with E-state index >= 15 is 0 Å². The maximum atomic E-state index is 13.0. The minimum Gasteiger partial charge on any atom is -0.434 e. The SMILES string of the molecule is O=C(Nc1cn[nH]c1-c1cc2cnsc2cc1OC(F)F)c1cnn2cccnc12. The van der Waals surface area contributed by atoms with E-state index in [9.17, 15) is 13.6 Å². The number of anilines is 1. The average molecular weight is 427 g/mol. The Kier molecular flexibility index (Phi) is 4.32. The van der Waals surface area contributed by atoms with E-state index in [1.165, 1.54) is 23.0 Å². The van der Waals surface area contributed by atoms with Crippen molar-refractivity contribution in [1.82, 2.24) is 29.2 Å². The molecule has 0 spiro atoms. The van der Waals surface area contributed by atoms with Gasteiger partial charge in [-0.2, -0.15) is 23.4 Å². The molecule has 2 N–H and O–H groups in total. The lowest BCUT2D eigenvalue weighted by atomic mass is 10.1. The average Bonchev–Trinajstić information content (AvgIpc) is 3.45. The van der Waals surface area contributed by atoms with Crippen molar-refractivity contribution in [3.05, 3.63) is 54.7 Å². The number of ether oxygens (including phenoxy) is 1. The summed E-state index contributed by atoms with van der Waals surface area (Å²) in [5.41, 5.74) is 1.55. The first-order chi connectivity index (χ1) is 14.6. The summed E-state index contributed by atoms with van der Waals surface area (Å²) < 4.78 is 36.9. The highest BCUT2D eigenvalue weighted by molar-refractivity contribution is 7.13. The zero-order chi connectivity index (χ0) is 20.7. The second-order valence-electron chi connectivity index (χ2n) is 6.15. The van der Waals surface area contributed by atoms with Crippen LogP contribution >= 0.6 is 11.5 Å². The highest BCUT2D eigenvalue weighted by Crippen LogP contribution is 2.38. The number of amides is 1. The minimum absolute atomic E-state index is 0.0563. The lowest BCUT2D eigenvalue weighted by Crippen LogP contribution is -2.12. The van der Waals surface area contributed by atoms with Crippen LogP contribution in [0.5, 0.6) is 5.75 Å². The van der Waals surface area contributed by atoms with Crippen molar-refractivity contribution in [3.8, 4) is 17.0 Å². The highest BCUT2D eigenvalue weighted by Gasteiger charge is 2.21. The molecule has 0 aliphatic heterocycles. The third kappa shape index (κ3) is 3.12. The van der Waals surface area contributed by atoms with Gasteiger partial charge in [0.05, 0.1) is 28.5 Å². The summed E-state index contributed by atoms with van der Waals surface area (Å²) in [6.45, 7) is -3.01. The van der Waals surface area contributed by atoms with E-state index in [2.05, 4.69) is 30.0 Å². The van der Waals surface area contributed by atoms with E-state index in [4.69, 9.17) is 4.74 Å². The van der Waals surface area contributed by atoms with Crippen LogP contribution in [0.25, 0.3) is 27.0 Å². The molecule has 1 amide bonds. The molecule has 0 bridgehead atoms. The molecule has 4 aromatic heterocycles. The third-order valence-electron chi connectivity index (χ3n) is 4.35. The first-order valence-corrected chi connectivity index (χ1v) is 9.34. The van der Waals surface area contributed by atoms with Gasteiger partial charge >= 0.3 is 6.61 Å². The topological polar surface area (TPSA) is 110 Å². The van der Waals surface area contributed by atoms with Crippen molar-refractivity contribution in [2.45, 2.75) is 6.61 Å². The summed E-state index contributed by atoms with van der Waals surface area (Å²) in [5, 5.41) is 14.2. The molecule has 150 valence electrons. The molecule has 0 radical (unpaired) electrons. The van der Waals surface area contributed by atoms with Crippen molar-refractivity contribution in [3.63, 3.8) is 0 Å². The maximum absolute atomic E-state index is 13.0. The predicted molar refractivity (Wildman–Crippen MR) is 105 cm³/mol. The number of carbonyl (C=O) groups excluding carboxylic acids is 1. The summed E-state index contributed by atoms with van der Waals surface area (Å²) in [6, 6.07) is 4.82. The molecule has 0 atom stereocenters. The normalized spacial score (nSPS) is 11.4. The van der Waals surface area contributed by atoms with Crippen molar-refractivity contribution >= 4 is 38.9 Å². The Bertz CT molecular complexity index is 1380. The summed E-state index contributed by atoms with van der Waals surface area (Å²) in [6.07, 6.45) is 7.62. The number of nitrogens with one attached hydrogen (secondary N) is 2. The fourth-order valence-electron chi connectivity index (χ4n) is 3.05. The molecule has 1 aromatic carbocycles. The quantitative estimate of drug-likeness (QED) is 0.444. The zero-order valence-corrected chi connectivity index (χ0v) is 15.7. The number of hydrogen-bond acceptors (Lipinski definition) is 7. The number of fused-ring (bicyclic) bond motifs is 2. The lowest BCUT2D eigenvalue weighted by Gasteiger charge is -2.12. The maximum Gasteiger partial charge on any atom is 0.387 e. The molecule has 5 rings (SSSR count). The van der Waals surface area contributed by atoms with Gasteiger partial charge in [0.2, 0.25) is 0 Å². The molecule has 0 saturated carbocycles. The van der Waals surface area contributed by atoms with E-state index < -0.39 is 12.5 Å². The monoisotopic (exact) mass is 427 g/mol. The molecule has 9 nitrogen and oxygen atoms in total. The Morgan fingerprint density at radius 2 is 2.17 bits per heavy atom. The Morgan fingerprint density at radius 3 is 3.03 bits per heavy atom. The molecule has 0 unspecified atom stereocenters. The van der Waals surface area contributed by atoms with Crippen LogP contribution in [0.2, 0.25) is 0 Å². The van der Waals surface area contributed by atoms with E-state index in [1.807, 2.05) is 0 Å². The van der Waals surface area contributed by atoms with Gasteiger partial charge in [-0.25, -0.2) is 9.50 Å². The minimum atomic E-state index is -3.01. The number of nitrogens with zero attached hydrogens (tertiary/aromatic N) is 5. The summed E-state index contributed by atoms with van der Waals surface area (Å²) >= 11 is 1.16. The van der Waals surface area contributed by atoms with Gasteiger partial charge in [0, 0.05) is 35.6 Å². The largest absolute Gasteiger partial charge is 0.434 e. The predicted octanol–water partition coefficient (Wildman–Crippen LogP) is 3.58. The van der Waals surface area contributed by atoms with Crippen molar-refractivity contribution in [1.29, 1.82) is 0 Å². The molecule has 0 aliphatic carbocycles. The van der Waals surface area contributed by atoms with Crippen molar-refractivity contribution in [2.24, 2.45) is 0 Å². The third-order valence-corrected chi connectivity index (χ3v) is 5.11. The first kappa shape index (κ1) is 18.1. The number of carbonyl (C=O) groups is 1. The van der Waals surface area contributed by atoms with Crippen LogP contribution in [0, 0.1) is 0 Å². The summed E-state index contributed by atoms with van der Waals surface area (Å²) in [4.78, 5) is 17.0. The number of hydrogen-bond donors (Lipinski definition) is 2. The van der Waals surface area contributed by atoms with E-state index in [0.29, 0.717) is 21.6 Å². The first-order valence-electron chi connectivity index (χ1n) is 8.57. The van der Waals surface area contributed by atoms with Crippen LogP contribution in [-0.2, 0) is 0 Å². The van der Waals surface area contributed by atoms with Crippen molar-refractivity contribution in [2.75, 3.05) is 5.32 Å². The van der Waals surface area contributed by atoms with Gasteiger partial charge in [0.15, 0.2) is 5.65 Å². The van der Waals surface area contributed by atoms with Crippen LogP contribution < -0.4 is 10.1 Å². The molecule has 0 saturated heterocycles. The molecule has 5 aromatic rings. The van der Waals surface area contributed by atoms with Crippen molar-refractivity contribution < 1.29 is 18.3 Å². The number of aromatic nitrogens is 6. The molecule has 30 heavy (non-hydrogen) atoms. The number of H-pyrrole nitrogens is 1. The van der Waals surface area contributed by atoms with Gasteiger partial charge in [-0.05, 0) is 23.7 Å². The van der Waals surface area contributed by atoms with E-state index in [0.717, 1.165) is 16.9 Å². The smallest absolute Gasteiger partial charge is 0.387 e. The van der Waals surface area contributed by atoms with Gasteiger partial charge in [-0.1, -0.05) is 0 Å². The standard InChI is InChI=1S/C18H11F2N7O2S/c19-18(20)29-13-5-14-9(6-24-30-14)4-10(13)15-12(8-22-26-15)25-17(28)11-7-23-27-3-1-2-21-16(11)27/h1-8,18H,(H,22,26)(H,25,28). The van der Waals surface area contributed by atoms with E-state index in [-0.39, 0.29) is 17.0 Å². The van der Waals surface area contributed by atoms with Gasteiger partial charge in [-0.15, -0.1) is 0 Å². The Labute approximate surface area is 170 Å². The van der Waals surface area contributed by atoms with Crippen LogP contribution in [-0.4, -0.2) is 41.7 Å². The number of aromatic amines is 1. The van der Waals surface area contributed by atoms with Gasteiger partial charge < -0.3 is 10.1 Å². The molecule has 0 aliphatic rings. The number of halogens is 2. The van der Waals surface area contributed by atoms with Gasteiger partial charge in [0.25, 0.3) is 5.91 Å². The van der Waals surface area contributed by atoms with E-state index in [1.54, 1.807) is 30.7 Å². The summed E-state index contributed by atoms with van der Waals surface area (Å²) in [5.74, 6) is -0.528. The van der Waals surface area contributed by atoms with Crippen LogP contribution in [0.1, 0.15) is 10.4 Å². The Balaban J connectivity index is 1.54. The number of rotatable bonds is 5. The summed E-state index contributed by atoms with van der Waals surface area (Å²) in [7, 11) is 0. The number of alkyl halides is 2. The van der Waals surface area contributed by atoms with Crippen LogP contribution in [0.3, 0.4) is 0 Å². The lowest BCUT2D eigenvalue weighted by molar-refractivity contribution is -0.0493. The molecular weight excluding hydrogens is 416 g/mol. The van der Waals surface area contributed by atoms with Gasteiger partial charge in [-0.3, -0.25) is 9.89 Å². The fraction of sp³-hybridized carbons (Fsp3) is 0.0556.